The molecule has 0 aliphatic heterocycles. The Morgan fingerprint density at radius 2 is 1.88 bits per heavy atom. The molecule has 7 heteroatoms. The SMILES string of the molecule is CCC1(CC)C(NC(=NCC(=O)N(C)C)NCCOC)C(C)C1OC. The molecule has 1 rings (SSSR count). The van der Waals surface area contributed by atoms with Crippen molar-refractivity contribution in [3.05, 3.63) is 0 Å². The standard InChI is InChI=1S/C18H36N4O3/c1-8-18(9-2)15(13(3)16(18)25-7)21-17(19-10-11-24-6)20-12-14(23)22(4)5/h13,15-16H,8-12H2,1-7H3,(H2,19,20,21). The van der Waals surface area contributed by atoms with Gasteiger partial charge in [0.1, 0.15) is 6.54 Å². The molecule has 25 heavy (non-hydrogen) atoms. The smallest absolute Gasteiger partial charge is 0.243 e. The Morgan fingerprint density at radius 3 is 2.36 bits per heavy atom. The van der Waals surface area contributed by atoms with Crippen LogP contribution in [-0.4, -0.2) is 76.9 Å². The summed E-state index contributed by atoms with van der Waals surface area (Å²) in [5.41, 5.74) is 0.0867. The second kappa shape index (κ2) is 9.97. The predicted octanol–water partition coefficient (Wildman–Crippen LogP) is 1.10. The number of ether oxygens (including phenoxy) is 2. The fraction of sp³-hybridized carbons (Fsp3) is 0.889. The quantitative estimate of drug-likeness (QED) is 0.368. The molecule has 0 heterocycles. The van der Waals surface area contributed by atoms with Gasteiger partial charge in [-0.05, 0) is 12.8 Å². The van der Waals surface area contributed by atoms with Crippen molar-refractivity contribution in [2.24, 2.45) is 16.3 Å². The van der Waals surface area contributed by atoms with Crippen LogP contribution < -0.4 is 10.6 Å². The van der Waals surface area contributed by atoms with E-state index in [9.17, 15) is 4.79 Å². The van der Waals surface area contributed by atoms with Gasteiger partial charge in [-0.3, -0.25) is 4.79 Å². The zero-order chi connectivity index (χ0) is 19.0. The highest BCUT2D eigenvalue weighted by atomic mass is 16.5. The summed E-state index contributed by atoms with van der Waals surface area (Å²) >= 11 is 0. The molecule has 0 spiro atoms. The molecule has 0 aromatic rings. The lowest BCUT2D eigenvalue weighted by Gasteiger charge is -2.60. The van der Waals surface area contributed by atoms with Crippen LogP contribution in [0.15, 0.2) is 4.99 Å². The summed E-state index contributed by atoms with van der Waals surface area (Å²) in [6.45, 7) is 7.96. The lowest BCUT2D eigenvalue weighted by atomic mass is 9.53. The first-order valence-corrected chi connectivity index (χ1v) is 9.14. The lowest BCUT2D eigenvalue weighted by Crippen LogP contribution is -2.71. The van der Waals surface area contributed by atoms with Crippen LogP contribution in [0.5, 0.6) is 0 Å². The number of carbonyl (C=O) groups is 1. The summed E-state index contributed by atoms with van der Waals surface area (Å²) in [5, 5.41) is 6.80. The number of rotatable bonds is 9. The first-order chi connectivity index (χ1) is 11.9. The van der Waals surface area contributed by atoms with Crippen LogP contribution in [0, 0.1) is 11.3 Å². The van der Waals surface area contributed by atoms with E-state index in [1.54, 1.807) is 33.2 Å². The minimum Gasteiger partial charge on any atom is -0.383 e. The molecule has 7 nitrogen and oxygen atoms in total. The van der Waals surface area contributed by atoms with Gasteiger partial charge in [-0.15, -0.1) is 0 Å². The number of aliphatic imine (C=N–C) groups is 1. The molecule has 1 aliphatic rings. The van der Waals surface area contributed by atoms with Gasteiger partial charge in [0.15, 0.2) is 5.96 Å². The monoisotopic (exact) mass is 356 g/mol. The predicted molar refractivity (Wildman–Crippen MR) is 101 cm³/mol. The Labute approximate surface area is 152 Å². The van der Waals surface area contributed by atoms with Gasteiger partial charge in [0, 0.05) is 52.2 Å². The van der Waals surface area contributed by atoms with Crippen molar-refractivity contribution in [3.63, 3.8) is 0 Å². The van der Waals surface area contributed by atoms with Crippen molar-refractivity contribution in [2.45, 2.75) is 45.8 Å². The molecular formula is C18H36N4O3. The third-order valence-electron chi connectivity index (χ3n) is 5.52. The van der Waals surface area contributed by atoms with Crippen LogP contribution in [-0.2, 0) is 14.3 Å². The summed E-state index contributed by atoms with van der Waals surface area (Å²) in [7, 11) is 6.93. The number of nitrogens with one attached hydrogen (secondary N) is 2. The molecule has 1 aliphatic carbocycles. The fourth-order valence-electron chi connectivity index (χ4n) is 3.96. The summed E-state index contributed by atoms with van der Waals surface area (Å²) in [6.07, 6.45) is 2.31. The molecule has 0 bridgehead atoms. The Morgan fingerprint density at radius 1 is 1.24 bits per heavy atom. The highest BCUT2D eigenvalue weighted by Crippen LogP contribution is 2.52. The highest BCUT2D eigenvalue weighted by molar-refractivity contribution is 5.85. The molecule has 0 aromatic carbocycles. The van der Waals surface area contributed by atoms with Crippen LogP contribution in [0.3, 0.4) is 0 Å². The molecule has 146 valence electrons. The molecule has 0 saturated heterocycles. The van der Waals surface area contributed by atoms with Crippen LogP contribution in [0.1, 0.15) is 33.6 Å². The average molecular weight is 357 g/mol. The third kappa shape index (κ3) is 4.85. The van der Waals surface area contributed by atoms with E-state index in [1.165, 1.54) is 0 Å². The van der Waals surface area contributed by atoms with Gasteiger partial charge >= 0.3 is 0 Å². The van der Waals surface area contributed by atoms with Gasteiger partial charge in [-0.1, -0.05) is 20.8 Å². The number of hydrogen-bond acceptors (Lipinski definition) is 4. The number of hydrogen-bond donors (Lipinski definition) is 2. The van der Waals surface area contributed by atoms with E-state index in [0.717, 1.165) is 12.8 Å². The second-order valence-corrected chi connectivity index (χ2v) is 6.95. The summed E-state index contributed by atoms with van der Waals surface area (Å²) in [5.74, 6) is 1.01. The largest absolute Gasteiger partial charge is 0.383 e. The minimum absolute atomic E-state index is 0.0264. The van der Waals surface area contributed by atoms with E-state index < -0.39 is 0 Å². The van der Waals surface area contributed by atoms with E-state index in [1.807, 2.05) is 0 Å². The first-order valence-electron chi connectivity index (χ1n) is 9.14. The summed E-state index contributed by atoms with van der Waals surface area (Å²) in [6, 6.07) is 0.260. The Bertz CT molecular complexity index is 450. The van der Waals surface area contributed by atoms with Gasteiger partial charge in [-0.25, -0.2) is 4.99 Å². The van der Waals surface area contributed by atoms with Gasteiger partial charge in [0.25, 0.3) is 0 Å². The van der Waals surface area contributed by atoms with E-state index in [0.29, 0.717) is 25.0 Å². The van der Waals surface area contributed by atoms with Crippen molar-refractivity contribution < 1.29 is 14.3 Å². The normalized spacial score (nSPS) is 25.2. The number of likely N-dealkylation sites (N-methyl/N-ethyl adjacent to an activating group) is 1. The average Bonchev–Trinajstić information content (AvgIpc) is 2.60. The molecular weight excluding hydrogens is 320 g/mol. The molecule has 3 atom stereocenters. The highest BCUT2D eigenvalue weighted by Gasteiger charge is 2.58. The number of guanidine groups is 1. The number of amides is 1. The van der Waals surface area contributed by atoms with E-state index in [2.05, 4.69) is 36.4 Å². The molecule has 2 N–H and O–H groups in total. The third-order valence-corrected chi connectivity index (χ3v) is 5.52. The molecule has 0 aromatic heterocycles. The molecule has 3 unspecified atom stereocenters. The van der Waals surface area contributed by atoms with E-state index in [-0.39, 0.29) is 30.0 Å². The Kier molecular flexibility index (Phi) is 8.65. The molecule has 1 amide bonds. The van der Waals surface area contributed by atoms with Gasteiger partial charge in [0.2, 0.25) is 5.91 Å². The first kappa shape index (κ1) is 21.7. The number of methoxy groups -OCH3 is 2. The van der Waals surface area contributed by atoms with Crippen LogP contribution in [0.25, 0.3) is 0 Å². The van der Waals surface area contributed by atoms with Crippen molar-refractivity contribution in [1.82, 2.24) is 15.5 Å². The van der Waals surface area contributed by atoms with Crippen LogP contribution in [0.4, 0.5) is 0 Å². The minimum atomic E-state index is -0.0264. The van der Waals surface area contributed by atoms with Crippen molar-refractivity contribution in [2.75, 3.05) is 48.0 Å². The fourth-order valence-corrected chi connectivity index (χ4v) is 3.96. The van der Waals surface area contributed by atoms with Crippen molar-refractivity contribution in [1.29, 1.82) is 0 Å². The molecule has 1 fully saturated rings. The maximum absolute atomic E-state index is 11.9. The lowest BCUT2D eigenvalue weighted by molar-refractivity contribution is -0.163. The van der Waals surface area contributed by atoms with Gasteiger partial charge in [0.05, 0.1) is 12.7 Å². The molecule has 0 radical (unpaired) electrons. The second-order valence-electron chi connectivity index (χ2n) is 6.95. The Hall–Kier alpha value is -1.34. The number of carbonyl (C=O) groups excluding carboxylic acids is 1. The van der Waals surface area contributed by atoms with Gasteiger partial charge in [-0.2, -0.15) is 0 Å². The van der Waals surface area contributed by atoms with Crippen LogP contribution in [0.2, 0.25) is 0 Å². The van der Waals surface area contributed by atoms with E-state index >= 15 is 0 Å². The maximum Gasteiger partial charge on any atom is 0.243 e. The zero-order valence-electron chi connectivity index (χ0n) is 16.9. The maximum atomic E-state index is 11.9. The number of nitrogens with zero attached hydrogens (tertiary/aromatic N) is 2. The van der Waals surface area contributed by atoms with Gasteiger partial charge < -0.3 is 25.0 Å². The van der Waals surface area contributed by atoms with Crippen LogP contribution >= 0.6 is 0 Å². The van der Waals surface area contributed by atoms with Crippen molar-refractivity contribution in [3.8, 4) is 0 Å². The van der Waals surface area contributed by atoms with Crippen molar-refractivity contribution >= 4 is 11.9 Å². The van der Waals surface area contributed by atoms with E-state index in [4.69, 9.17) is 9.47 Å². The summed E-state index contributed by atoms with van der Waals surface area (Å²) < 4.78 is 10.9. The zero-order valence-corrected chi connectivity index (χ0v) is 16.9. The Balaban J connectivity index is 2.87. The summed E-state index contributed by atoms with van der Waals surface area (Å²) in [4.78, 5) is 17.9. The topological polar surface area (TPSA) is 75.2 Å². The molecule has 1 saturated carbocycles.